The number of aromatic amines is 1. The third kappa shape index (κ3) is 5.49. The third-order valence-electron chi connectivity index (χ3n) is 6.84. The van der Waals surface area contributed by atoms with Gasteiger partial charge in [-0.1, -0.05) is 19.9 Å². The summed E-state index contributed by atoms with van der Waals surface area (Å²) in [5.41, 5.74) is 4.93. The first-order valence-corrected chi connectivity index (χ1v) is 14.3. The number of rotatable bonds is 10. The van der Waals surface area contributed by atoms with Crippen molar-refractivity contribution in [3.05, 3.63) is 83.8 Å². The number of hydrogen-bond acceptors (Lipinski definition) is 5. The van der Waals surface area contributed by atoms with Crippen LogP contribution >= 0.6 is 0 Å². The van der Waals surface area contributed by atoms with E-state index in [4.69, 9.17) is 0 Å². The Labute approximate surface area is 222 Å². The monoisotopic (exact) mass is 529 g/mol. The van der Waals surface area contributed by atoms with E-state index in [0.29, 0.717) is 22.5 Å². The summed E-state index contributed by atoms with van der Waals surface area (Å²) in [5, 5.41) is 3.91. The molecule has 1 aliphatic heterocycles. The molecule has 3 heterocycles. The van der Waals surface area contributed by atoms with E-state index in [0.717, 1.165) is 49.1 Å². The Morgan fingerprint density at radius 3 is 2.66 bits per heavy atom. The van der Waals surface area contributed by atoms with Crippen LogP contribution in [0.1, 0.15) is 37.1 Å². The number of fused-ring (bicyclic) bond motifs is 2. The summed E-state index contributed by atoms with van der Waals surface area (Å²) in [6, 6.07) is 16.3. The first-order chi connectivity index (χ1) is 18.4. The highest BCUT2D eigenvalue weighted by molar-refractivity contribution is 7.92. The van der Waals surface area contributed by atoms with E-state index >= 15 is 0 Å². The minimum atomic E-state index is -3.86. The molecule has 3 N–H and O–H groups in total. The number of nitrogens with zero attached hydrogens (tertiary/aromatic N) is 2. The van der Waals surface area contributed by atoms with E-state index in [1.165, 1.54) is 23.9 Å². The van der Waals surface area contributed by atoms with Crippen LogP contribution < -0.4 is 10.0 Å². The van der Waals surface area contributed by atoms with Gasteiger partial charge in [-0.3, -0.25) is 14.5 Å². The lowest BCUT2D eigenvalue weighted by Crippen LogP contribution is -2.24. The zero-order chi connectivity index (χ0) is 26.7. The number of nitrogens with one attached hydrogen (secondary N) is 3. The molecule has 0 radical (unpaired) electrons. The number of aromatic nitrogens is 2. The van der Waals surface area contributed by atoms with Crippen molar-refractivity contribution in [3.8, 4) is 0 Å². The van der Waals surface area contributed by atoms with Crippen LogP contribution in [-0.2, 0) is 21.2 Å². The van der Waals surface area contributed by atoms with Crippen LogP contribution in [0.15, 0.2) is 71.9 Å². The van der Waals surface area contributed by atoms with E-state index in [1.807, 2.05) is 6.07 Å². The summed E-state index contributed by atoms with van der Waals surface area (Å²) in [4.78, 5) is 22.6. The van der Waals surface area contributed by atoms with Crippen LogP contribution in [0.2, 0.25) is 0 Å². The Morgan fingerprint density at radius 2 is 1.89 bits per heavy atom. The van der Waals surface area contributed by atoms with Crippen molar-refractivity contribution in [1.29, 1.82) is 0 Å². The summed E-state index contributed by atoms with van der Waals surface area (Å²) in [5.74, 6) is -0.273. The summed E-state index contributed by atoms with van der Waals surface area (Å²) in [6.07, 6.45) is 6.89. The third-order valence-corrected chi connectivity index (χ3v) is 8.22. The largest absolute Gasteiger partial charge is 0.355 e. The fraction of sp³-hybridized carbons (Fsp3) is 0.241. The molecule has 0 saturated heterocycles. The van der Waals surface area contributed by atoms with E-state index in [2.05, 4.69) is 57.0 Å². The molecule has 2 aromatic carbocycles. The van der Waals surface area contributed by atoms with Crippen molar-refractivity contribution in [2.24, 2.45) is 0 Å². The second-order valence-corrected chi connectivity index (χ2v) is 11.0. The molecule has 1 aliphatic rings. The quantitative estimate of drug-likeness (QED) is 0.247. The molecule has 1 amide bonds. The van der Waals surface area contributed by atoms with Crippen molar-refractivity contribution in [2.75, 3.05) is 29.7 Å². The number of hydrogen-bond donors (Lipinski definition) is 3. The molecule has 0 aliphatic carbocycles. The normalized spacial score (nSPS) is 14.3. The van der Waals surface area contributed by atoms with Crippen molar-refractivity contribution < 1.29 is 13.2 Å². The predicted octanol–water partition coefficient (Wildman–Crippen LogP) is 5.13. The molecule has 0 spiro atoms. The average molecular weight is 530 g/mol. The van der Waals surface area contributed by atoms with Crippen LogP contribution in [0.5, 0.6) is 0 Å². The number of anilines is 2. The van der Waals surface area contributed by atoms with E-state index in [9.17, 15) is 13.2 Å². The second-order valence-electron chi connectivity index (χ2n) is 9.34. The van der Waals surface area contributed by atoms with Gasteiger partial charge in [0, 0.05) is 34.0 Å². The highest BCUT2D eigenvalue weighted by atomic mass is 32.2. The number of carbonyl (C=O) groups is 1. The van der Waals surface area contributed by atoms with E-state index in [-0.39, 0.29) is 10.8 Å². The molecular weight excluding hydrogens is 498 g/mol. The summed E-state index contributed by atoms with van der Waals surface area (Å²) in [6.45, 7) is 7.59. The van der Waals surface area contributed by atoms with Crippen LogP contribution in [0, 0.1) is 0 Å². The maximum Gasteiger partial charge on any atom is 0.261 e. The highest BCUT2D eigenvalue weighted by Gasteiger charge is 2.27. The summed E-state index contributed by atoms with van der Waals surface area (Å²) in [7, 11) is -3.86. The van der Waals surface area contributed by atoms with Crippen LogP contribution in [0.25, 0.3) is 22.6 Å². The lowest BCUT2D eigenvalue weighted by atomic mass is 10.1. The number of pyridine rings is 1. The molecule has 196 valence electrons. The number of H-pyrrole nitrogens is 1. The van der Waals surface area contributed by atoms with E-state index in [1.54, 1.807) is 30.5 Å². The molecule has 9 heteroatoms. The number of sulfonamides is 1. The highest BCUT2D eigenvalue weighted by Crippen LogP contribution is 2.35. The molecule has 0 saturated carbocycles. The van der Waals surface area contributed by atoms with Gasteiger partial charge < -0.3 is 15.2 Å². The number of benzene rings is 2. The molecule has 0 atom stereocenters. The Hall–Kier alpha value is -3.95. The molecule has 4 aromatic rings. The predicted molar refractivity (Wildman–Crippen MR) is 152 cm³/mol. The number of amides is 1. The van der Waals surface area contributed by atoms with Gasteiger partial charge in [-0.05, 0) is 92.6 Å². The van der Waals surface area contributed by atoms with Crippen LogP contribution in [-0.4, -0.2) is 48.8 Å². The Kier molecular flexibility index (Phi) is 7.31. The number of carbonyl (C=O) groups excluding carboxylic acids is 1. The van der Waals surface area contributed by atoms with Gasteiger partial charge in [-0.15, -0.1) is 0 Å². The first-order valence-electron chi connectivity index (χ1n) is 12.8. The lowest BCUT2D eigenvalue weighted by molar-refractivity contribution is -0.110. The van der Waals surface area contributed by atoms with E-state index < -0.39 is 10.0 Å². The van der Waals surface area contributed by atoms with Crippen LogP contribution in [0.4, 0.5) is 11.4 Å². The van der Waals surface area contributed by atoms with Gasteiger partial charge in [0.15, 0.2) is 0 Å². The molecule has 38 heavy (non-hydrogen) atoms. The maximum atomic E-state index is 13.0. The van der Waals surface area contributed by atoms with Crippen molar-refractivity contribution >= 4 is 49.9 Å². The van der Waals surface area contributed by atoms with Crippen LogP contribution in [0.3, 0.4) is 0 Å². The van der Waals surface area contributed by atoms with Gasteiger partial charge in [0.25, 0.3) is 15.9 Å². The zero-order valence-electron chi connectivity index (χ0n) is 21.5. The maximum absolute atomic E-state index is 13.0. The minimum Gasteiger partial charge on any atom is -0.355 e. The van der Waals surface area contributed by atoms with Crippen molar-refractivity contribution in [1.82, 2.24) is 14.9 Å². The Balaban J connectivity index is 1.39. The SMILES string of the molecule is CCN(CC)CCCc1ccc2[nH]c(C=C3C(=O)Nc4ccc(S(=O)(=O)Nc5cccnc5)cc43)cc2c1. The molecule has 2 aromatic heterocycles. The van der Waals surface area contributed by atoms with Crippen molar-refractivity contribution in [2.45, 2.75) is 31.6 Å². The Morgan fingerprint density at radius 1 is 1.05 bits per heavy atom. The summed E-state index contributed by atoms with van der Waals surface area (Å²) < 4.78 is 28.5. The average Bonchev–Trinajstić information content (AvgIpc) is 3.46. The smallest absolute Gasteiger partial charge is 0.261 e. The minimum absolute atomic E-state index is 0.0634. The molecule has 0 unspecified atom stereocenters. The van der Waals surface area contributed by atoms with Crippen molar-refractivity contribution in [3.63, 3.8) is 0 Å². The fourth-order valence-electron chi connectivity index (χ4n) is 4.75. The lowest BCUT2D eigenvalue weighted by Gasteiger charge is -2.17. The fourth-order valence-corrected chi connectivity index (χ4v) is 5.82. The molecule has 5 rings (SSSR count). The standard InChI is InChI=1S/C29H31N5O3S/c1-3-34(4-2)14-6-7-20-9-11-27-21(15-20)16-23(31-27)17-26-25-18-24(10-12-28(25)32-29(26)35)38(36,37)33-22-8-5-13-30-19-22/h5,8-13,15-19,31,33H,3-4,6-7,14H2,1-2H3,(H,32,35). The molecule has 8 nitrogen and oxygen atoms in total. The van der Waals surface area contributed by atoms with Gasteiger partial charge in [-0.25, -0.2) is 8.42 Å². The van der Waals surface area contributed by atoms with Gasteiger partial charge in [0.1, 0.15) is 0 Å². The molecule has 0 fully saturated rings. The first kappa shape index (κ1) is 25.7. The van der Waals surface area contributed by atoms with Gasteiger partial charge in [0.05, 0.1) is 22.4 Å². The topological polar surface area (TPSA) is 107 Å². The van der Waals surface area contributed by atoms with Gasteiger partial charge in [-0.2, -0.15) is 0 Å². The molecular formula is C29H31N5O3S. The number of aryl methyl sites for hydroxylation is 1. The second kappa shape index (κ2) is 10.8. The Bertz CT molecular complexity index is 1610. The van der Waals surface area contributed by atoms with Gasteiger partial charge in [0.2, 0.25) is 0 Å². The zero-order valence-corrected chi connectivity index (χ0v) is 22.3. The summed E-state index contributed by atoms with van der Waals surface area (Å²) >= 11 is 0. The van der Waals surface area contributed by atoms with Gasteiger partial charge >= 0.3 is 0 Å². The molecule has 0 bridgehead atoms.